The number of carbonyl (C=O) groups excluding carboxylic acids is 1. The first-order chi connectivity index (χ1) is 5.81. The van der Waals surface area contributed by atoms with E-state index in [0.29, 0.717) is 18.9 Å². The van der Waals surface area contributed by atoms with E-state index in [1.165, 1.54) is 0 Å². The maximum atomic E-state index is 10.9. The number of hydrogen-bond donors (Lipinski definition) is 0. The molecule has 0 N–H and O–H groups in total. The van der Waals surface area contributed by atoms with Crippen LogP contribution >= 0.6 is 11.6 Å². The number of hydrogen-bond acceptors (Lipinski definition) is 2. The van der Waals surface area contributed by atoms with Crippen LogP contribution in [0.15, 0.2) is 0 Å². The molecule has 0 saturated heterocycles. The van der Waals surface area contributed by atoms with Crippen LogP contribution in [0.5, 0.6) is 0 Å². The Bertz CT molecular complexity index is 103. The molecular formula is C9H17ClO2. The van der Waals surface area contributed by atoms with Crippen molar-refractivity contribution < 1.29 is 9.53 Å². The standard InChI is InChI=1S/C9H17ClO2/c1-2-3-4-6-9(11)12-8-5-7-10/h2-8H2,1H3. The summed E-state index contributed by atoms with van der Waals surface area (Å²) in [6, 6.07) is 0. The Kier molecular flexibility index (Phi) is 8.68. The highest BCUT2D eigenvalue weighted by molar-refractivity contribution is 6.17. The van der Waals surface area contributed by atoms with Crippen LogP contribution in [0, 0.1) is 0 Å². The second-order valence-electron chi connectivity index (χ2n) is 2.72. The zero-order valence-corrected chi connectivity index (χ0v) is 8.40. The SMILES string of the molecule is CCCCCC(=O)OCCCCl. The number of halogens is 1. The molecule has 0 aromatic heterocycles. The number of esters is 1. The Balaban J connectivity index is 3.10. The van der Waals surface area contributed by atoms with E-state index < -0.39 is 0 Å². The van der Waals surface area contributed by atoms with Crippen molar-refractivity contribution in [3.63, 3.8) is 0 Å². The van der Waals surface area contributed by atoms with E-state index in [1.807, 2.05) is 0 Å². The quantitative estimate of drug-likeness (QED) is 0.352. The molecule has 0 fully saturated rings. The summed E-state index contributed by atoms with van der Waals surface area (Å²) in [6.07, 6.45) is 4.48. The van der Waals surface area contributed by atoms with Crippen molar-refractivity contribution in [2.24, 2.45) is 0 Å². The number of unbranched alkanes of at least 4 members (excludes halogenated alkanes) is 2. The first-order valence-corrected chi connectivity index (χ1v) is 5.06. The highest BCUT2D eigenvalue weighted by atomic mass is 35.5. The van der Waals surface area contributed by atoms with Gasteiger partial charge in [-0.3, -0.25) is 4.79 Å². The van der Waals surface area contributed by atoms with E-state index in [2.05, 4.69) is 6.92 Å². The average Bonchev–Trinajstić information content (AvgIpc) is 2.06. The molecule has 12 heavy (non-hydrogen) atoms. The van der Waals surface area contributed by atoms with Crippen molar-refractivity contribution >= 4 is 17.6 Å². The van der Waals surface area contributed by atoms with Crippen LogP contribution in [-0.4, -0.2) is 18.5 Å². The summed E-state index contributed by atoms with van der Waals surface area (Å²) in [5, 5.41) is 0. The highest BCUT2D eigenvalue weighted by Crippen LogP contribution is 2.00. The molecule has 0 saturated carbocycles. The minimum absolute atomic E-state index is 0.0893. The monoisotopic (exact) mass is 192 g/mol. The van der Waals surface area contributed by atoms with Crippen LogP contribution in [0.4, 0.5) is 0 Å². The van der Waals surface area contributed by atoms with Gasteiger partial charge in [0.05, 0.1) is 6.61 Å². The molecule has 0 aliphatic carbocycles. The van der Waals surface area contributed by atoms with E-state index in [4.69, 9.17) is 16.3 Å². The molecule has 0 aliphatic rings. The van der Waals surface area contributed by atoms with E-state index in [1.54, 1.807) is 0 Å². The highest BCUT2D eigenvalue weighted by Gasteiger charge is 2.00. The van der Waals surface area contributed by atoms with Crippen molar-refractivity contribution in [3.8, 4) is 0 Å². The summed E-state index contributed by atoms with van der Waals surface area (Å²) in [4.78, 5) is 10.9. The molecule has 0 rings (SSSR count). The summed E-state index contributed by atoms with van der Waals surface area (Å²) in [5.74, 6) is 0.468. The summed E-state index contributed by atoms with van der Waals surface area (Å²) in [5.41, 5.74) is 0. The van der Waals surface area contributed by atoms with Gasteiger partial charge in [0, 0.05) is 12.3 Å². The molecule has 0 aromatic rings. The van der Waals surface area contributed by atoms with Crippen LogP contribution in [0.3, 0.4) is 0 Å². The van der Waals surface area contributed by atoms with Crippen molar-refractivity contribution in [1.29, 1.82) is 0 Å². The van der Waals surface area contributed by atoms with Gasteiger partial charge >= 0.3 is 5.97 Å². The van der Waals surface area contributed by atoms with Gasteiger partial charge in [0.15, 0.2) is 0 Å². The molecule has 2 nitrogen and oxygen atoms in total. The van der Waals surface area contributed by atoms with Crippen LogP contribution in [0.1, 0.15) is 39.0 Å². The third-order valence-corrected chi connectivity index (χ3v) is 1.79. The second-order valence-corrected chi connectivity index (χ2v) is 3.10. The number of rotatable bonds is 7. The van der Waals surface area contributed by atoms with Gasteiger partial charge in [0.2, 0.25) is 0 Å². The smallest absolute Gasteiger partial charge is 0.305 e. The predicted molar refractivity (Wildman–Crippen MR) is 50.4 cm³/mol. The summed E-state index contributed by atoms with van der Waals surface area (Å²) in [7, 11) is 0. The fraction of sp³-hybridized carbons (Fsp3) is 0.889. The maximum absolute atomic E-state index is 10.9. The lowest BCUT2D eigenvalue weighted by Gasteiger charge is -2.02. The third-order valence-electron chi connectivity index (χ3n) is 1.53. The van der Waals surface area contributed by atoms with Crippen molar-refractivity contribution in [2.75, 3.05) is 12.5 Å². The van der Waals surface area contributed by atoms with Gasteiger partial charge < -0.3 is 4.74 Å². The first kappa shape index (κ1) is 11.8. The van der Waals surface area contributed by atoms with Crippen molar-refractivity contribution in [1.82, 2.24) is 0 Å². The lowest BCUT2D eigenvalue weighted by Crippen LogP contribution is -2.05. The van der Waals surface area contributed by atoms with Crippen molar-refractivity contribution in [2.45, 2.75) is 39.0 Å². The zero-order valence-electron chi connectivity index (χ0n) is 7.64. The fourth-order valence-electron chi connectivity index (χ4n) is 0.832. The number of alkyl halides is 1. The molecule has 0 aliphatic heterocycles. The fourth-order valence-corrected chi connectivity index (χ4v) is 0.941. The van der Waals surface area contributed by atoms with Gasteiger partial charge in [-0.25, -0.2) is 0 Å². The second kappa shape index (κ2) is 8.85. The molecule has 0 atom stereocenters. The van der Waals surface area contributed by atoms with Gasteiger partial charge in [0.25, 0.3) is 0 Å². The van der Waals surface area contributed by atoms with E-state index in [9.17, 15) is 4.79 Å². The lowest BCUT2D eigenvalue weighted by atomic mass is 10.2. The minimum Gasteiger partial charge on any atom is -0.466 e. The average molecular weight is 193 g/mol. The van der Waals surface area contributed by atoms with Crippen LogP contribution in [0.2, 0.25) is 0 Å². The summed E-state index contributed by atoms with van der Waals surface area (Å²) < 4.78 is 4.91. The molecule has 0 unspecified atom stereocenters. The topological polar surface area (TPSA) is 26.3 Å². The Morgan fingerprint density at radius 2 is 2.08 bits per heavy atom. The number of ether oxygens (including phenoxy) is 1. The zero-order chi connectivity index (χ0) is 9.23. The molecular weight excluding hydrogens is 176 g/mol. The van der Waals surface area contributed by atoms with Gasteiger partial charge in [-0.15, -0.1) is 11.6 Å². The van der Waals surface area contributed by atoms with Crippen LogP contribution in [0.25, 0.3) is 0 Å². The molecule has 0 heterocycles. The van der Waals surface area contributed by atoms with Crippen LogP contribution < -0.4 is 0 Å². The van der Waals surface area contributed by atoms with Gasteiger partial charge in [0.1, 0.15) is 0 Å². The molecule has 0 radical (unpaired) electrons. The Hall–Kier alpha value is -0.240. The number of carbonyl (C=O) groups is 1. The van der Waals surface area contributed by atoms with E-state index in [-0.39, 0.29) is 5.97 Å². The predicted octanol–water partition coefficient (Wildman–Crippen LogP) is 2.74. The third kappa shape index (κ3) is 7.86. The normalized spacial score (nSPS) is 9.83. The van der Waals surface area contributed by atoms with Gasteiger partial charge in [-0.05, 0) is 12.8 Å². The van der Waals surface area contributed by atoms with E-state index >= 15 is 0 Å². The maximum Gasteiger partial charge on any atom is 0.305 e. The summed E-state index contributed by atoms with van der Waals surface area (Å²) in [6.45, 7) is 2.58. The first-order valence-electron chi connectivity index (χ1n) is 4.52. The summed E-state index contributed by atoms with van der Waals surface area (Å²) >= 11 is 5.42. The van der Waals surface area contributed by atoms with Gasteiger partial charge in [-0.1, -0.05) is 19.8 Å². The Morgan fingerprint density at radius 3 is 2.67 bits per heavy atom. The molecule has 3 heteroatoms. The van der Waals surface area contributed by atoms with E-state index in [0.717, 1.165) is 25.7 Å². The minimum atomic E-state index is -0.0893. The lowest BCUT2D eigenvalue weighted by molar-refractivity contribution is -0.143. The largest absolute Gasteiger partial charge is 0.466 e. The van der Waals surface area contributed by atoms with Gasteiger partial charge in [-0.2, -0.15) is 0 Å². The molecule has 72 valence electrons. The molecule has 0 spiro atoms. The Morgan fingerprint density at radius 1 is 1.33 bits per heavy atom. The molecule has 0 aromatic carbocycles. The molecule has 0 amide bonds. The van der Waals surface area contributed by atoms with Crippen LogP contribution in [-0.2, 0) is 9.53 Å². The molecule has 0 bridgehead atoms. The van der Waals surface area contributed by atoms with Crippen molar-refractivity contribution in [3.05, 3.63) is 0 Å². The Labute approximate surface area is 79.2 Å².